The normalized spacial score (nSPS) is 16.4. The van der Waals surface area contributed by atoms with Gasteiger partial charge in [-0.15, -0.1) is 0 Å². The second-order valence-corrected chi connectivity index (χ2v) is 7.94. The fourth-order valence-corrected chi connectivity index (χ4v) is 3.33. The molecular weight excluding hydrogens is 384 g/mol. The predicted octanol–water partition coefficient (Wildman–Crippen LogP) is 3.02. The van der Waals surface area contributed by atoms with E-state index in [0.717, 1.165) is 11.3 Å². The first-order valence-corrected chi connectivity index (χ1v) is 9.86. The van der Waals surface area contributed by atoms with E-state index >= 15 is 0 Å². The summed E-state index contributed by atoms with van der Waals surface area (Å²) in [6.45, 7) is 4.05. The highest BCUT2D eigenvalue weighted by atomic mass is 16.6. The molecule has 0 radical (unpaired) electrons. The second kappa shape index (κ2) is 9.15. The molecule has 0 aromatic heterocycles. The van der Waals surface area contributed by atoms with Crippen molar-refractivity contribution in [2.75, 3.05) is 13.2 Å². The Hall–Kier alpha value is -3.10. The van der Waals surface area contributed by atoms with Crippen molar-refractivity contribution < 1.29 is 14.8 Å². The molecule has 0 saturated carbocycles. The maximum Gasteiger partial charge on any atom is 0.269 e. The molecule has 1 atom stereocenters. The number of aliphatic hydroxyl groups excluding tert-OH is 1. The zero-order valence-electron chi connectivity index (χ0n) is 17.1. The number of hydrogen-bond acceptors (Lipinski definition) is 6. The van der Waals surface area contributed by atoms with Gasteiger partial charge in [0.15, 0.2) is 0 Å². The molecule has 2 N–H and O–H groups in total. The Morgan fingerprint density at radius 2 is 2.00 bits per heavy atom. The molecule has 0 saturated heterocycles. The van der Waals surface area contributed by atoms with Crippen LogP contribution in [0.15, 0.2) is 59.7 Å². The highest BCUT2D eigenvalue weighted by Crippen LogP contribution is 2.34. The van der Waals surface area contributed by atoms with Gasteiger partial charge in [-0.2, -0.15) is 5.10 Å². The van der Waals surface area contributed by atoms with E-state index in [1.165, 1.54) is 17.1 Å². The molecule has 0 fully saturated rings. The number of aliphatic hydroxyl groups is 1. The van der Waals surface area contributed by atoms with Crippen LogP contribution in [0.3, 0.4) is 0 Å². The van der Waals surface area contributed by atoms with Crippen molar-refractivity contribution in [3.8, 4) is 0 Å². The molecule has 8 nitrogen and oxygen atoms in total. The van der Waals surface area contributed by atoms with Crippen LogP contribution in [0.25, 0.3) is 0 Å². The lowest BCUT2D eigenvalue weighted by Crippen LogP contribution is -2.44. The van der Waals surface area contributed by atoms with Crippen LogP contribution in [0, 0.1) is 10.1 Å². The van der Waals surface area contributed by atoms with E-state index in [-0.39, 0.29) is 24.6 Å². The van der Waals surface area contributed by atoms with Crippen LogP contribution in [-0.2, 0) is 4.79 Å². The summed E-state index contributed by atoms with van der Waals surface area (Å²) in [6.07, 6.45) is 0.674. The van der Waals surface area contributed by atoms with Crippen molar-refractivity contribution in [1.82, 2.24) is 10.3 Å². The number of nitro groups is 1. The smallest absolute Gasteiger partial charge is 0.269 e. The molecule has 30 heavy (non-hydrogen) atoms. The lowest BCUT2D eigenvalue weighted by Gasteiger charge is -2.25. The third-order valence-electron chi connectivity index (χ3n) is 5.08. The number of carbonyl (C=O) groups is 1. The number of amides is 1. The molecule has 1 aliphatic rings. The molecule has 0 bridgehead atoms. The predicted molar refractivity (Wildman–Crippen MR) is 114 cm³/mol. The van der Waals surface area contributed by atoms with Gasteiger partial charge in [-0.3, -0.25) is 14.9 Å². The molecule has 1 heterocycles. The Kier molecular flexibility index (Phi) is 6.59. The number of benzene rings is 2. The van der Waals surface area contributed by atoms with Gasteiger partial charge in [-0.1, -0.05) is 42.5 Å². The first-order valence-electron chi connectivity index (χ1n) is 9.86. The Morgan fingerprint density at radius 1 is 1.27 bits per heavy atom. The van der Waals surface area contributed by atoms with E-state index in [1.54, 1.807) is 12.1 Å². The minimum Gasteiger partial charge on any atom is -0.394 e. The van der Waals surface area contributed by atoms with Gasteiger partial charge in [0.2, 0.25) is 5.91 Å². The largest absolute Gasteiger partial charge is 0.394 e. The SMILES string of the molecule is CC(C)(CO)NCCC(=O)N1N=C(c2ccccc2)C[C@@H]1c1cccc([N+](=O)[O-])c1. The van der Waals surface area contributed by atoms with Crippen LogP contribution >= 0.6 is 0 Å². The highest BCUT2D eigenvalue weighted by molar-refractivity contribution is 6.03. The summed E-state index contributed by atoms with van der Waals surface area (Å²) in [5.74, 6) is -0.182. The maximum absolute atomic E-state index is 13.0. The molecule has 8 heteroatoms. The van der Waals surface area contributed by atoms with E-state index in [0.29, 0.717) is 18.5 Å². The Morgan fingerprint density at radius 3 is 2.67 bits per heavy atom. The van der Waals surface area contributed by atoms with E-state index < -0.39 is 16.5 Å². The monoisotopic (exact) mass is 410 g/mol. The average Bonchev–Trinajstić information content (AvgIpc) is 3.20. The fraction of sp³-hybridized carbons (Fsp3) is 0.364. The van der Waals surface area contributed by atoms with Crippen LogP contribution in [0.1, 0.15) is 43.9 Å². The molecule has 3 rings (SSSR count). The van der Waals surface area contributed by atoms with E-state index in [4.69, 9.17) is 0 Å². The molecular formula is C22H26N4O4. The van der Waals surface area contributed by atoms with Crippen molar-refractivity contribution in [3.63, 3.8) is 0 Å². The summed E-state index contributed by atoms with van der Waals surface area (Å²) in [6, 6.07) is 15.5. The van der Waals surface area contributed by atoms with Gasteiger partial charge in [-0.25, -0.2) is 5.01 Å². The van der Waals surface area contributed by atoms with Gasteiger partial charge in [0.1, 0.15) is 0 Å². The van der Waals surface area contributed by atoms with Crippen molar-refractivity contribution in [1.29, 1.82) is 0 Å². The van der Waals surface area contributed by atoms with Crippen molar-refractivity contribution in [3.05, 3.63) is 75.8 Å². The number of rotatable bonds is 8. The summed E-state index contributed by atoms with van der Waals surface area (Å²) in [7, 11) is 0. The summed E-state index contributed by atoms with van der Waals surface area (Å²) >= 11 is 0. The van der Waals surface area contributed by atoms with Crippen LogP contribution in [0.5, 0.6) is 0 Å². The lowest BCUT2D eigenvalue weighted by atomic mass is 9.98. The lowest BCUT2D eigenvalue weighted by molar-refractivity contribution is -0.384. The van der Waals surface area contributed by atoms with Crippen LogP contribution in [-0.4, -0.2) is 45.3 Å². The number of non-ortho nitro benzene ring substituents is 1. The van der Waals surface area contributed by atoms with Crippen LogP contribution < -0.4 is 5.32 Å². The Bertz CT molecular complexity index is 943. The average molecular weight is 410 g/mol. The second-order valence-electron chi connectivity index (χ2n) is 7.94. The first-order chi connectivity index (χ1) is 14.3. The number of carbonyl (C=O) groups excluding carboxylic acids is 1. The maximum atomic E-state index is 13.0. The van der Waals surface area contributed by atoms with Gasteiger partial charge in [-0.05, 0) is 25.0 Å². The standard InChI is InChI=1S/C22H26N4O4/c1-22(2,15-27)23-12-11-21(28)25-20(17-9-6-10-18(13-17)26(29)30)14-19(24-25)16-7-4-3-5-8-16/h3-10,13,20,23,27H,11-12,14-15H2,1-2H3/t20-/m1/s1. The van der Waals surface area contributed by atoms with Crippen LogP contribution in [0.4, 0.5) is 5.69 Å². The summed E-state index contributed by atoms with van der Waals surface area (Å²) in [5, 5.41) is 29.7. The Labute approximate surface area is 175 Å². The van der Waals surface area contributed by atoms with Gasteiger partial charge in [0.05, 0.1) is 23.3 Å². The van der Waals surface area contributed by atoms with Crippen LogP contribution in [0.2, 0.25) is 0 Å². The van der Waals surface area contributed by atoms with E-state index in [9.17, 15) is 20.0 Å². The van der Waals surface area contributed by atoms with Gasteiger partial charge in [0, 0.05) is 37.1 Å². The van der Waals surface area contributed by atoms with Crippen molar-refractivity contribution in [2.24, 2.45) is 5.10 Å². The zero-order chi connectivity index (χ0) is 21.7. The summed E-state index contributed by atoms with van der Waals surface area (Å²) in [5.41, 5.74) is 1.87. The Balaban J connectivity index is 1.84. The summed E-state index contributed by atoms with van der Waals surface area (Å²) in [4.78, 5) is 23.7. The van der Waals surface area contributed by atoms with E-state index in [1.807, 2.05) is 44.2 Å². The van der Waals surface area contributed by atoms with Gasteiger partial charge < -0.3 is 10.4 Å². The number of nitrogens with one attached hydrogen (secondary N) is 1. The molecule has 0 unspecified atom stereocenters. The fourth-order valence-electron chi connectivity index (χ4n) is 3.33. The molecule has 158 valence electrons. The molecule has 0 spiro atoms. The zero-order valence-corrected chi connectivity index (χ0v) is 17.1. The molecule has 1 amide bonds. The van der Waals surface area contributed by atoms with E-state index in [2.05, 4.69) is 10.4 Å². The van der Waals surface area contributed by atoms with Crippen molar-refractivity contribution in [2.45, 2.75) is 38.3 Å². The molecule has 2 aromatic carbocycles. The quantitative estimate of drug-likeness (QED) is 0.514. The third-order valence-corrected chi connectivity index (χ3v) is 5.08. The highest BCUT2D eigenvalue weighted by Gasteiger charge is 2.33. The van der Waals surface area contributed by atoms with Crippen molar-refractivity contribution >= 4 is 17.3 Å². The van der Waals surface area contributed by atoms with Gasteiger partial charge >= 0.3 is 0 Å². The first kappa shape index (κ1) is 21.6. The molecule has 1 aliphatic heterocycles. The van der Waals surface area contributed by atoms with Gasteiger partial charge in [0.25, 0.3) is 5.69 Å². The number of nitrogens with zero attached hydrogens (tertiary/aromatic N) is 3. The molecule has 0 aliphatic carbocycles. The minimum atomic E-state index is -0.483. The number of hydrogen-bond donors (Lipinski definition) is 2. The minimum absolute atomic E-state index is 0.0144. The topological polar surface area (TPSA) is 108 Å². The summed E-state index contributed by atoms with van der Waals surface area (Å²) < 4.78 is 0. The number of nitro benzene ring substituents is 1. The molecule has 2 aromatic rings. The number of hydrazone groups is 1. The third kappa shape index (κ3) is 5.08.